The second kappa shape index (κ2) is 4.92. The highest BCUT2D eigenvalue weighted by Gasteiger charge is 2.47. The molecule has 20 heavy (non-hydrogen) atoms. The monoisotopic (exact) mass is 321 g/mol. The first-order valence-corrected chi connectivity index (χ1v) is 6.67. The van der Waals surface area contributed by atoms with Gasteiger partial charge in [0.2, 0.25) is 10.0 Å². The Bertz CT molecular complexity index is 618. The molecule has 0 aliphatic carbocycles. The molecule has 114 valence electrons. The van der Waals surface area contributed by atoms with Crippen LogP contribution >= 0.6 is 0 Å². The van der Waals surface area contributed by atoms with Gasteiger partial charge in [-0.05, 0) is 18.1 Å². The normalized spacial score (nSPS) is 13.6. The lowest BCUT2D eigenvalue weighted by Gasteiger charge is -2.21. The number of primary sulfonamides is 1. The van der Waals surface area contributed by atoms with Crippen molar-refractivity contribution in [2.75, 3.05) is 0 Å². The van der Waals surface area contributed by atoms with Crippen LogP contribution in [-0.4, -0.2) is 8.42 Å². The molecule has 0 atom stereocenters. The van der Waals surface area contributed by atoms with Crippen LogP contribution in [0.25, 0.3) is 0 Å². The average molecular weight is 321 g/mol. The van der Waals surface area contributed by atoms with Gasteiger partial charge in [0, 0.05) is 0 Å². The standard InChI is InChI=1S/C10H9F6NO2S/c1-2-5-3-4-6(20(17,18)19)8(10(14,15)16)7(5)9(11,12)13/h3-4H,2H2,1H3,(H2,17,18,19). The molecule has 0 aromatic heterocycles. The molecule has 0 aliphatic heterocycles. The van der Waals surface area contributed by atoms with E-state index in [2.05, 4.69) is 5.14 Å². The van der Waals surface area contributed by atoms with E-state index in [1.54, 1.807) is 0 Å². The van der Waals surface area contributed by atoms with Crippen molar-refractivity contribution in [3.05, 3.63) is 28.8 Å². The van der Waals surface area contributed by atoms with Gasteiger partial charge >= 0.3 is 12.4 Å². The highest BCUT2D eigenvalue weighted by molar-refractivity contribution is 7.89. The Morgan fingerprint density at radius 3 is 1.75 bits per heavy atom. The lowest BCUT2D eigenvalue weighted by atomic mass is 9.98. The Kier molecular flexibility index (Phi) is 4.12. The SMILES string of the molecule is CCc1ccc(S(N)(=O)=O)c(C(F)(F)F)c1C(F)(F)F. The molecule has 10 heteroatoms. The smallest absolute Gasteiger partial charge is 0.225 e. The molecule has 0 spiro atoms. The summed E-state index contributed by atoms with van der Waals surface area (Å²) in [5, 5.41) is 4.56. The first-order chi connectivity index (χ1) is 8.80. The fraction of sp³-hybridized carbons (Fsp3) is 0.400. The highest BCUT2D eigenvalue weighted by atomic mass is 32.2. The van der Waals surface area contributed by atoms with Crippen LogP contribution in [0.3, 0.4) is 0 Å². The molecule has 0 saturated carbocycles. The molecule has 0 radical (unpaired) electrons. The van der Waals surface area contributed by atoms with E-state index < -0.39 is 44.0 Å². The van der Waals surface area contributed by atoms with Gasteiger partial charge in [0.05, 0.1) is 16.0 Å². The summed E-state index contributed by atoms with van der Waals surface area (Å²) in [4.78, 5) is -1.59. The minimum absolute atomic E-state index is 0.344. The summed E-state index contributed by atoms with van der Waals surface area (Å²) in [5.74, 6) is 0. The Hall–Kier alpha value is -1.29. The van der Waals surface area contributed by atoms with Gasteiger partial charge in [-0.2, -0.15) is 26.3 Å². The Morgan fingerprint density at radius 1 is 1.00 bits per heavy atom. The number of halogens is 6. The number of sulfonamides is 1. The predicted molar refractivity (Wildman–Crippen MR) is 57.2 cm³/mol. The van der Waals surface area contributed by atoms with E-state index in [1.165, 1.54) is 6.92 Å². The van der Waals surface area contributed by atoms with Crippen LogP contribution in [0, 0.1) is 0 Å². The van der Waals surface area contributed by atoms with Crippen molar-refractivity contribution in [1.29, 1.82) is 0 Å². The molecular formula is C10H9F6NO2S. The largest absolute Gasteiger partial charge is 0.418 e. The first-order valence-electron chi connectivity index (χ1n) is 5.13. The lowest BCUT2D eigenvalue weighted by molar-refractivity contribution is -0.164. The van der Waals surface area contributed by atoms with Crippen molar-refractivity contribution >= 4 is 10.0 Å². The van der Waals surface area contributed by atoms with Gasteiger partial charge in [-0.25, -0.2) is 13.6 Å². The Morgan fingerprint density at radius 2 is 1.45 bits per heavy atom. The molecule has 1 aromatic carbocycles. The molecule has 2 N–H and O–H groups in total. The van der Waals surface area contributed by atoms with Crippen molar-refractivity contribution < 1.29 is 34.8 Å². The van der Waals surface area contributed by atoms with Crippen LogP contribution in [0.5, 0.6) is 0 Å². The zero-order valence-corrected chi connectivity index (χ0v) is 10.7. The number of alkyl halides is 6. The van der Waals surface area contributed by atoms with E-state index >= 15 is 0 Å². The van der Waals surface area contributed by atoms with Crippen molar-refractivity contribution in [3.8, 4) is 0 Å². The number of hydrogen-bond acceptors (Lipinski definition) is 2. The van der Waals surface area contributed by atoms with Crippen molar-refractivity contribution in [2.24, 2.45) is 5.14 Å². The minimum atomic E-state index is -5.50. The lowest BCUT2D eigenvalue weighted by Crippen LogP contribution is -2.25. The summed E-state index contributed by atoms with van der Waals surface area (Å²) in [6, 6.07) is 1.12. The van der Waals surface area contributed by atoms with Crippen LogP contribution in [0.15, 0.2) is 17.0 Å². The third kappa shape index (κ3) is 3.23. The fourth-order valence-corrected chi connectivity index (χ4v) is 2.52. The summed E-state index contributed by atoms with van der Waals surface area (Å²) in [7, 11) is -4.94. The molecule has 3 nitrogen and oxygen atoms in total. The third-order valence-corrected chi connectivity index (χ3v) is 3.46. The fourth-order valence-electron chi connectivity index (χ4n) is 1.76. The van der Waals surface area contributed by atoms with Crippen molar-refractivity contribution in [2.45, 2.75) is 30.6 Å². The maximum atomic E-state index is 12.9. The highest BCUT2D eigenvalue weighted by Crippen LogP contribution is 2.44. The summed E-state index contributed by atoms with van der Waals surface area (Å²) < 4.78 is 99.4. The second-order valence-corrected chi connectivity index (χ2v) is 5.40. The summed E-state index contributed by atoms with van der Waals surface area (Å²) in [6.45, 7) is 1.22. The van der Waals surface area contributed by atoms with E-state index in [9.17, 15) is 34.8 Å². The van der Waals surface area contributed by atoms with Gasteiger partial charge < -0.3 is 0 Å². The quantitative estimate of drug-likeness (QED) is 0.852. The Labute approximate surface area is 110 Å². The van der Waals surface area contributed by atoms with Gasteiger partial charge in [-0.1, -0.05) is 13.0 Å². The maximum absolute atomic E-state index is 12.9. The summed E-state index contributed by atoms with van der Waals surface area (Å²) in [5.41, 5.74) is -4.94. The molecule has 0 aliphatic rings. The third-order valence-electron chi connectivity index (χ3n) is 2.51. The zero-order valence-electron chi connectivity index (χ0n) is 9.93. The van der Waals surface area contributed by atoms with E-state index in [0.29, 0.717) is 12.1 Å². The average Bonchev–Trinajstić information content (AvgIpc) is 2.23. The molecular weight excluding hydrogens is 312 g/mol. The van der Waals surface area contributed by atoms with Crippen LogP contribution < -0.4 is 5.14 Å². The topological polar surface area (TPSA) is 60.2 Å². The number of benzene rings is 1. The summed E-state index contributed by atoms with van der Waals surface area (Å²) >= 11 is 0. The van der Waals surface area contributed by atoms with Crippen molar-refractivity contribution in [1.82, 2.24) is 0 Å². The van der Waals surface area contributed by atoms with Crippen molar-refractivity contribution in [3.63, 3.8) is 0 Å². The predicted octanol–water partition coefficient (Wildman–Crippen LogP) is 2.93. The molecule has 0 bridgehead atoms. The Balaban J connectivity index is 3.97. The van der Waals surface area contributed by atoms with E-state index in [0.717, 1.165) is 0 Å². The number of aryl methyl sites for hydroxylation is 1. The molecule has 0 amide bonds. The minimum Gasteiger partial charge on any atom is -0.225 e. The van der Waals surface area contributed by atoms with Crippen LogP contribution in [-0.2, 0) is 28.8 Å². The van der Waals surface area contributed by atoms with Crippen LogP contribution in [0.1, 0.15) is 23.6 Å². The first kappa shape index (κ1) is 16.8. The van der Waals surface area contributed by atoms with Gasteiger partial charge in [0.15, 0.2) is 0 Å². The number of nitrogens with two attached hydrogens (primary N) is 1. The molecule has 0 unspecified atom stereocenters. The van der Waals surface area contributed by atoms with Gasteiger partial charge in [-0.3, -0.25) is 0 Å². The zero-order chi connectivity index (χ0) is 15.9. The maximum Gasteiger partial charge on any atom is 0.418 e. The second-order valence-electron chi connectivity index (χ2n) is 3.87. The molecule has 0 saturated heterocycles. The van der Waals surface area contributed by atoms with Gasteiger partial charge in [-0.15, -0.1) is 0 Å². The molecule has 1 rings (SSSR count). The number of rotatable bonds is 2. The number of hydrogen-bond donors (Lipinski definition) is 1. The molecule has 0 heterocycles. The van der Waals surface area contributed by atoms with Crippen LogP contribution in [0.4, 0.5) is 26.3 Å². The van der Waals surface area contributed by atoms with Gasteiger partial charge in [0.1, 0.15) is 0 Å². The molecule has 0 fully saturated rings. The molecule has 1 aromatic rings. The van der Waals surface area contributed by atoms with E-state index in [1.807, 2.05) is 0 Å². The van der Waals surface area contributed by atoms with E-state index in [4.69, 9.17) is 0 Å². The van der Waals surface area contributed by atoms with Crippen LogP contribution in [0.2, 0.25) is 0 Å². The summed E-state index contributed by atoms with van der Waals surface area (Å²) in [6.07, 6.45) is -11.2. The van der Waals surface area contributed by atoms with Gasteiger partial charge in [0.25, 0.3) is 0 Å². The van der Waals surface area contributed by atoms with E-state index in [-0.39, 0.29) is 6.42 Å².